The zero-order valence-electron chi connectivity index (χ0n) is 18.9. The molecular formula is C25H27N7O2. The highest BCUT2D eigenvalue weighted by atomic mass is 16.3. The minimum Gasteiger partial charge on any atom is -0.387 e. The standard InChI is InChI=1S/C25H27N7O2/c33-15-23(34)31-9-7-16-10-22(27-11-17(16)14-31)29-25-28-12-20-19-6-8-26-13-21(19)32(24(20)30-25)18-4-2-1-3-5-18/h6,8,10-13,18,33H,1-5,7,9,14-15H2,(H,27,28,29,30). The lowest BCUT2D eigenvalue weighted by atomic mass is 9.95. The van der Waals surface area contributed by atoms with Gasteiger partial charge in [-0.2, -0.15) is 4.98 Å². The molecule has 9 heteroatoms. The summed E-state index contributed by atoms with van der Waals surface area (Å²) >= 11 is 0. The van der Waals surface area contributed by atoms with Crippen LogP contribution in [0.15, 0.2) is 36.9 Å². The van der Waals surface area contributed by atoms with Crippen molar-refractivity contribution in [1.82, 2.24) is 29.4 Å². The van der Waals surface area contributed by atoms with Crippen LogP contribution in [0.4, 0.5) is 11.8 Å². The smallest absolute Gasteiger partial charge is 0.248 e. The minimum atomic E-state index is -0.462. The number of aliphatic hydroxyl groups excluding tert-OH is 1. The number of pyridine rings is 2. The van der Waals surface area contributed by atoms with E-state index in [0.29, 0.717) is 30.9 Å². The molecule has 1 amide bonds. The third-order valence-corrected chi connectivity index (χ3v) is 7.11. The number of fused-ring (bicyclic) bond motifs is 4. The van der Waals surface area contributed by atoms with Crippen molar-refractivity contribution in [2.24, 2.45) is 0 Å². The first-order chi connectivity index (χ1) is 16.7. The summed E-state index contributed by atoms with van der Waals surface area (Å²) in [6, 6.07) is 4.47. The average molecular weight is 458 g/mol. The highest BCUT2D eigenvalue weighted by Gasteiger charge is 2.23. The second-order valence-electron chi connectivity index (χ2n) is 9.17. The number of anilines is 2. The number of nitrogens with one attached hydrogen (secondary N) is 1. The molecule has 0 unspecified atom stereocenters. The van der Waals surface area contributed by atoms with Gasteiger partial charge in [-0.3, -0.25) is 9.78 Å². The summed E-state index contributed by atoms with van der Waals surface area (Å²) in [6.07, 6.45) is 14.3. The van der Waals surface area contributed by atoms with Crippen LogP contribution in [-0.2, 0) is 17.8 Å². The molecule has 174 valence electrons. The number of aliphatic hydroxyl groups is 1. The Morgan fingerprint density at radius 2 is 1.97 bits per heavy atom. The molecule has 0 radical (unpaired) electrons. The topological polar surface area (TPSA) is 109 Å². The molecular weight excluding hydrogens is 430 g/mol. The molecule has 0 aromatic carbocycles. The van der Waals surface area contributed by atoms with Gasteiger partial charge >= 0.3 is 0 Å². The monoisotopic (exact) mass is 457 g/mol. The quantitative estimate of drug-likeness (QED) is 0.483. The largest absolute Gasteiger partial charge is 0.387 e. The van der Waals surface area contributed by atoms with Gasteiger partial charge < -0.3 is 19.9 Å². The van der Waals surface area contributed by atoms with Crippen molar-refractivity contribution in [1.29, 1.82) is 0 Å². The van der Waals surface area contributed by atoms with E-state index >= 15 is 0 Å². The van der Waals surface area contributed by atoms with Gasteiger partial charge in [0.15, 0.2) is 0 Å². The third kappa shape index (κ3) is 3.66. The van der Waals surface area contributed by atoms with Crippen LogP contribution >= 0.6 is 0 Å². The van der Waals surface area contributed by atoms with E-state index in [-0.39, 0.29) is 5.91 Å². The van der Waals surface area contributed by atoms with Gasteiger partial charge in [-0.15, -0.1) is 0 Å². The zero-order chi connectivity index (χ0) is 23.1. The minimum absolute atomic E-state index is 0.252. The molecule has 4 aromatic rings. The number of hydrogen-bond donors (Lipinski definition) is 2. The highest BCUT2D eigenvalue weighted by molar-refractivity contribution is 6.06. The van der Waals surface area contributed by atoms with Crippen LogP contribution < -0.4 is 5.32 Å². The second kappa shape index (κ2) is 8.64. The fraction of sp³-hybridized carbons (Fsp3) is 0.400. The number of hydrogen-bond acceptors (Lipinski definition) is 7. The average Bonchev–Trinajstić information content (AvgIpc) is 3.22. The molecule has 6 rings (SSSR count). The van der Waals surface area contributed by atoms with E-state index in [9.17, 15) is 4.79 Å². The molecule has 2 aliphatic rings. The van der Waals surface area contributed by atoms with E-state index in [1.54, 1.807) is 11.1 Å². The van der Waals surface area contributed by atoms with Crippen molar-refractivity contribution in [2.75, 3.05) is 18.5 Å². The van der Waals surface area contributed by atoms with Crippen LogP contribution in [-0.4, -0.2) is 53.6 Å². The summed E-state index contributed by atoms with van der Waals surface area (Å²) < 4.78 is 2.36. The predicted molar refractivity (Wildman–Crippen MR) is 129 cm³/mol. The van der Waals surface area contributed by atoms with Gasteiger partial charge in [-0.1, -0.05) is 19.3 Å². The van der Waals surface area contributed by atoms with Crippen LogP contribution in [0.3, 0.4) is 0 Å². The highest BCUT2D eigenvalue weighted by Crippen LogP contribution is 2.36. The fourth-order valence-electron chi connectivity index (χ4n) is 5.37. The number of aromatic nitrogens is 5. The first-order valence-electron chi connectivity index (χ1n) is 12.0. The summed E-state index contributed by atoms with van der Waals surface area (Å²) in [4.78, 5) is 31.9. The van der Waals surface area contributed by atoms with Gasteiger partial charge in [0.1, 0.15) is 18.1 Å². The molecule has 1 aliphatic heterocycles. The lowest BCUT2D eigenvalue weighted by molar-refractivity contribution is -0.135. The van der Waals surface area contributed by atoms with Crippen molar-refractivity contribution >= 4 is 39.6 Å². The molecule has 4 aromatic heterocycles. The maximum absolute atomic E-state index is 11.8. The van der Waals surface area contributed by atoms with Crippen LogP contribution in [0.5, 0.6) is 0 Å². The van der Waals surface area contributed by atoms with Crippen LogP contribution in [0.1, 0.15) is 49.3 Å². The van der Waals surface area contributed by atoms with Gasteiger partial charge in [0.2, 0.25) is 11.9 Å². The summed E-state index contributed by atoms with van der Waals surface area (Å²) in [5, 5.41) is 14.6. The summed E-state index contributed by atoms with van der Waals surface area (Å²) in [5.74, 6) is 0.945. The molecule has 1 aliphatic carbocycles. The van der Waals surface area contributed by atoms with E-state index in [1.807, 2.05) is 30.7 Å². The molecule has 9 nitrogen and oxygen atoms in total. The number of rotatable bonds is 4. The second-order valence-corrected chi connectivity index (χ2v) is 9.17. The third-order valence-electron chi connectivity index (χ3n) is 7.11. The number of amides is 1. The molecule has 0 spiro atoms. The lowest BCUT2D eigenvalue weighted by Gasteiger charge is -2.28. The Labute approximate surface area is 196 Å². The predicted octanol–water partition coefficient (Wildman–Crippen LogP) is 3.50. The van der Waals surface area contributed by atoms with E-state index in [1.165, 1.54) is 19.3 Å². The number of carbonyl (C=O) groups is 1. The SMILES string of the molecule is O=C(CO)N1CCc2cc(Nc3ncc4c5ccncc5n(C5CCCCC5)c4n3)ncc2C1. The maximum atomic E-state index is 11.8. The van der Waals surface area contributed by atoms with Crippen LogP contribution in [0, 0.1) is 0 Å². The lowest BCUT2D eigenvalue weighted by Crippen LogP contribution is -2.37. The van der Waals surface area contributed by atoms with Crippen LogP contribution in [0.2, 0.25) is 0 Å². The molecule has 0 atom stereocenters. The van der Waals surface area contributed by atoms with Crippen molar-refractivity contribution in [2.45, 2.75) is 51.1 Å². The number of carbonyl (C=O) groups excluding carboxylic acids is 1. The van der Waals surface area contributed by atoms with E-state index in [4.69, 9.17) is 10.1 Å². The molecule has 2 N–H and O–H groups in total. The van der Waals surface area contributed by atoms with E-state index < -0.39 is 6.61 Å². The fourth-order valence-corrected chi connectivity index (χ4v) is 5.37. The van der Waals surface area contributed by atoms with Gasteiger partial charge in [-0.25, -0.2) is 9.97 Å². The summed E-state index contributed by atoms with van der Waals surface area (Å²) in [6.45, 7) is 0.601. The van der Waals surface area contributed by atoms with Crippen molar-refractivity contribution in [3.05, 3.63) is 48.0 Å². The Hall–Kier alpha value is -3.59. The first kappa shape index (κ1) is 21.0. The van der Waals surface area contributed by atoms with Gasteiger partial charge in [-0.05, 0) is 42.5 Å². The molecule has 34 heavy (non-hydrogen) atoms. The normalized spacial score (nSPS) is 16.7. The van der Waals surface area contributed by atoms with Crippen molar-refractivity contribution in [3.63, 3.8) is 0 Å². The van der Waals surface area contributed by atoms with E-state index in [2.05, 4.69) is 24.8 Å². The van der Waals surface area contributed by atoms with Crippen molar-refractivity contribution in [3.8, 4) is 0 Å². The molecule has 1 saturated carbocycles. The van der Waals surface area contributed by atoms with Crippen LogP contribution in [0.25, 0.3) is 21.9 Å². The summed E-state index contributed by atoms with van der Waals surface area (Å²) in [7, 11) is 0. The molecule has 1 fully saturated rings. The molecule has 0 saturated heterocycles. The van der Waals surface area contributed by atoms with Gasteiger partial charge in [0, 0.05) is 48.5 Å². The maximum Gasteiger partial charge on any atom is 0.248 e. The Bertz CT molecular complexity index is 1380. The van der Waals surface area contributed by atoms with Crippen molar-refractivity contribution < 1.29 is 9.90 Å². The van der Waals surface area contributed by atoms with Gasteiger partial charge in [0.05, 0.1) is 11.7 Å². The zero-order valence-corrected chi connectivity index (χ0v) is 18.9. The Balaban J connectivity index is 1.33. The molecule has 5 heterocycles. The number of nitrogens with zero attached hydrogens (tertiary/aromatic N) is 6. The Morgan fingerprint density at radius 1 is 1.09 bits per heavy atom. The first-order valence-corrected chi connectivity index (χ1v) is 12.0. The Kier molecular flexibility index (Phi) is 5.33. The summed E-state index contributed by atoms with van der Waals surface area (Å²) in [5.41, 5.74) is 4.19. The Morgan fingerprint density at radius 3 is 2.82 bits per heavy atom. The van der Waals surface area contributed by atoms with Gasteiger partial charge in [0.25, 0.3) is 0 Å². The molecule has 0 bridgehead atoms. The van der Waals surface area contributed by atoms with E-state index in [0.717, 1.165) is 52.3 Å².